The van der Waals surface area contributed by atoms with Gasteiger partial charge in [-0.25, -0.2) is 0 Å². The number of fused-ring (bicyclic) bond motifs is 1. The number of hydrogen-bond donors (Lipinski definition) is 2. The summed E-state index contributed by atoms with van der Waals surface area (Å²) in [5.41, 5.74) is 1.42. The molecule has 1 aliphatic heterocycles. The van der Waals surface area contributed by atoms with Gasteiger partial charge in [0.1, 0.15) is 12.4 Å². The van der Waals surface area contributed by atoms with Crippen LogP contribution in [0.4, 0.5) is 0 Å². The number of carbonyl (C=O) groups is 1. The molecule has 1 amide bonds. The first-order valence-corrected chi connectivity index (χ1v) is 7.47. The molecule has 0 spiro atoms. The minimum absolute atomic E-state index is 0.000363. The first-order chi connectivity index (χ1) is 10.1. The van der Waals surface area contributed by atoms with E-state index in [2.05, 4.69) is 21.2 Å². The molecule has 0 saturated heterocycles. The number of benzene rings is 1. The SMILES string of the molecule is COCC(CCO)NC(=O)C1=Cc2cc(Br)ccc2OC1. The molecule has 1 heterocycles. The molecule has 5 nitrogen and oxygen atoms in total. The lowest BCUT2D eigenvalue weighted by molar-refractivity contribution is -0.118. The number of hydrogen-bond acceptors (Lipinski definition) is 4. The van der Waals surface area contributed by atoms with Gasteiger partial charge in [-0.3, -0.25) is 4.79 Å². The van der Waals surface area contributed by atoms with Crippen molar-refractivity contribution in [2.75, 3.05) is 26.9 Å². The zero-order valence-electron chi connectivity index (χ0n) is 11.8. The summed E-state index contributed by atoms with van der Waals surface area (Å²) in [7, 11) is 1.56. The number of aliphatic hydroxyl groups is 1. The number of rotatable bonds is 6. The van der Waals surface area contributed by atoms with Crippen molar-refractivity contribution in [3.63, 3.8) is 0 Å². The van der Waals surface area contributed by atoms with E-state index >= 15 is 0 Å². The molecule has 1 aromatic rings. The summed E-state index contributed by atoms with van der Waals surface area (Å²) in [6.07, 6.45) is 2.28. The highest BCUT2D eigenvalue weighted by atomic mass is 79.9. The molecule has 0 aromatic heterocycles. The van der Waals surface area contributed by atoms with E-state index in [-0.39, 0.29) is 25.2 Å². The fourth-order valence-electron chi connectivity index (χ4n) is 2.11. The quantitative estimate of drug-likeness (QED) is 0.815. The molecule has 1 aromatic carbocycles. The van der Waals surface area contributed by atoms with Crippen LogP contribution in [-0.4, -0.2) is 44.0 Å². The van der Waals surface area contributed by atoms with Crippen molar-refractivity contribution in [1.82, 2.24) is 5.32 Å². The van der Waals surface area contributed by atoms with Crippen molar-refractivity contribution in [3.8, 4) is 5.75 Å². The maximum atomic E-state index is 12.2. The van der Waals surface area contributed by atoms with Crippen LogP contribution < -0.4 is 10.1 Å². The van der Waals surface area contributed by atoms with Crippen LogP contribution >= 0.6 is 15.9 Å². The van der Waals surface area contributed by atoms with Crippen LogP contribution in [-0.2, 0) is 9.53 Å². The molecule has 1 aliphatic rings. The standard InChI is InChI=1S/C15H18BrNO4/c1-20-9-13(4-5-18)17-15(19)11-6-10-7-12(16)2-3-14(10)21-8-11/h2-3,6-7,13,18H,4-5,8-9H2,1H3,(H,17,19). The van der Waals surface area contributed by atoms with Crippen molar-refractivity contribution in [2.45, 2.75) is 12.5 Å². The smallest absolute Gasteiger partial charge is 0.250 e. The Morgan fingerprint density at radius 3 is 3.10 bits per heavy atom. The minimum Gasteiger partial charge on any atom is -0.488 e. The molecule has 2 rings (SSSR count). The van der Waals surface area contributed by atoms with E-state index in [4.69, 9.17) is 14.6 Å². The number of carbonyl (C=O) groups excluding carboxylic acids is 1. The Morgan fingerprint density at radius 2 is 2.38 bits per heavy atom. The Kier molecular flexibility index (Phi) is 5.78. The predicted molar refractivity (Wildman–Crippen MR) is 83.1 cm³/mol. The fraction of sp³-hybridized carbons (Fsp3) is 0.400. The summed E-state index contributed by atoms with van der Waals surface area (Å²) in [5, 5.41) is 11.8. The van der Waals surface area contributed by atoms with Gasteiger partial charge in [0.15, 0.2) is 0 Å². The van der Waals surface area contributed by atoms with Crippen LogP contribution in [0.5, 0.6) is 5.75 Å². The largest absolute Gasteiger partial charge is 0.488 e. The highest BCUT2D eigenvalue weighted by molar-refractivity contribution is 9.10. The van der Waals surface area contributed by atoms with Crippen LogP contribution in [0.2, 0.25) is 0 Å². The van der Waals surface area contributed by atoms with Crippen LogP contribution in [0.15, 0.2) is 28.2 Å². The topological polar surface area (TPSA) is 67.8 Å². The fourth-order valence-corrected chi connectivity index (χ4v) is 2.49. The summed E-state index contributed by atoms with van der Waals surface area (Å²) in [5.74, 6) is 0.565. The van der Waals surface area contributed by atoms with Crippen molar-refractivity contribution in [3.05, 3.63) is 33.8 Å². The first-order valence-electron chi connectivity index (χ1n) is 6.67. The van der Waals surface area contributed by atoms with E-state index in [1.165, 1.54) is 0 Å². The Balaban J connectivity index is 2.09. The van der Waals surface area contributed by atoms with Gasteiger partial charge in [0.05, 0.1) is 18.2 Å². The van der Waals surface area contributed by atoms with Gasteiger partial charge in [-0.05, 0) is 30.7 Å². The maximum Gasteiger partial charge on any atom is 0.250 e. The third kappa shape index (κ3) is 4.30. The Hall–Kier alpha value is -1.37. The van der Waals surface area contributed by atoms with Gasteiger partial charge in [0, 0.05) is 23.8 Å². The molecule has 0 aliphatic carbocycles. The molecule has 1 atom stereocenters. The lowest BCUT2D eigenvalue weighted by atomic mass is 10.1. The average molecular weight is 356 g/mol. The number of aliphatic hydroxyl groups excluding tert-OH is 1. The zero-order chi connectivity index (χ0) is 15.2. The van der Waals surface area contributed by atoms with E-state index in [1.807, 2.05) is 24.3 Å². The zero-order valence-corrected chi connectivity index (χ0v) is 13.4. The van der Waals surface area contributed by atoms with Gasteiger partial charge in [-0.1, -0.05) is 15.9 Å². The second-order valence-electron chi connectivity index (χ2n) is 4.78. The van der Waals surface area contributed by atoms with Gasteiger partial charge in [0.2, 0.25) is 0 Å². The highest BCUT2D eigenvalue weighted by Gasteiger charge is 2.20. The molecule has 114 valence electrons. The normalized spacial score (nSPS) is 14.7. The molecular weight excluding hydrogens is 338 g/mol. The third-order valence-corrected chi connectivity index (χ3v) is 3.65. The van der Waals surface area contributed by atoms with Crippen molar-refractivity contribution < 1.29 is 19.4 Å². The number of nitrogens with one attached hydrogen (secondary N) is 1. The van der Waals surface area contributed by atoms with E-state index in [0.29, 0.717) is 18.6 Å². The van der Waals surface area contributed by atoms with Crippen LogP contribution in [0, 0.1) is 0 Å². The third-order valence-electron chi connectivity index (χ3n) is 3.16. The minimum atomic E-state index is -0.211. The summed E-state index contributed by atoms with van der Waals surface area (Å²) < 4.78 is 11.5. The maximum absolute atomic E-state index is 12.2. The molecule has 0 saturated carbocycles. The van der Waals surface area contributed by atoms with Crippen molar-refractivity contribution in [2.24, 2.45) is 0 Å². The van der Waals surface area contributed by atoms with E-state index in [1.54, 1.807) is 7.11 Å². The Labute approximate surface area is 132 Å². The monoisotopic (exact) mass is 355 g/mol. The second-order valence-corrected chi connectivity index (χ2v) is 5.69. The first kappa shape index (κ1) is 16.0. The Morgan fingerprint density at radius 1 is 1.57 bits per heavy atom. The number of methoxy groups -OCH3 is 1. The van der Waals surface area contributed by atoms with Gasteiger partial charge in [-0.2, -0.15) is 0 Å². The molecule has 0 fully saturated rings. The van der Waals surface area contributed by atoms with E-state index in [9.17, 15) is 4.79 Å². The number of halogens is 1. The molecule has 21 heavy (non-hydrogen) atoms. The molecular formula is C15H18BrNO4. The predicted octanol–water partition coefficient (Wildman–Crippen LogP) is 1.74. The number of amides is 1. The Bertz CT molecular complexity index is 538. The molecule has 2 N–H and O–H groups in total. The summed E-state index contributed by atoms with van der Waals surface area (Å²) >= 11 is 3.40. The molecule has 6 heteroatoms. The van der Waals surface area contributed by atoms with E-state index < -0.39 is 0 Å². The van der Waals surface area contributed by atoms with Gasteiger partial charge >= 0.3 is 0 Å². The summed E-state index contributed by atoms with van der Waals surface area (Å²) in [6, 6.07) is 5.46. The molecule has 0 bridgehead atoms. The molecule has 1 unspecified atom stereocenters. The second kappa shape index (κ2) is 7.59. The highest BCUT2D eigenvalue weighted by Crippen LogP contribution is 2.29. The van der Waals surface area contributed by atoms with Crippen LogP contribution in [0.3, 0.4) is 0 Å². The average Bonchev–Trinajstić information content (AvgIpc) is 2.47. The van der Waals surface area contributed by atoms with E-state index in [0.717, 1.165) is 15.8 Å². The van der Waals surface area contributed by atoms with Gasteiger partial charge in [-0.15, -0.1) is 0 Å². The number of ether oxygens (including phenoxy) is 2. The van der Waals surface area contributed by atoms with Crippen LogP contribution in [0.25, 0.3) is 6.08 Å². The summed E-state index contributed by atoms with van der Waals surface area (Å²) in [6.45, 7) is 0.599. The lowest BCUT2D eigenvalue weighted by Gasteiger charge is -2.21. The summed E-state index contributed by atoms with van der Waals surface area (Å²) in [4.78, 5) is 12.2. The molecule has 0 radical (unpaired) electrons. The van der Waals surface area contributed by atoms with Crippen LogP contribution in [0.1, 0.15) is 12.0 Å². The van der Waals surface area contributed by atoms with Crippen molar-refractivity contribution >= 4 is 27.9 Å². The van der Waals surface area contributed by atoms with Crippen molar-refractivity contribution in [1.29, 1.82) is 0 Å². The van der Waals surface area contributed by atoms with Gasteiger partial charge < -0.3 is 19.9 Å². The van der Waals surface area contributed by atoms with Gasteiger partial charge in [0.25, 0.3) is 5.91 Å². The lowest BCUT2D eigenvalue weighted by Crippen LogP contribution is -2.40.